The van der Waals surface area contributed by atoms with Gasteiger partial charge in [-0.2, -0.15) is 5.10 Å². The average molecular weight is 456 g/mol. The van der Waals surface area contributed by atoms with E-state index in [-0.39, 0.29) is 11.7 Å². The number of carbonyl (C=O) groups excluding carboxylic acids is 1. The highest BCUT2D eigenvalue weighted by molar-refractivity contribution is 14.1. The highest BCUT2D eigenvalue weighted by Gasteiger charge is 2.11. The number of hydrogen-bond donors (Lipinski definition) is 1. The van der Waals surface area contributed by atoms with E-state index in [1.165, 1.54) is 12.1 Å². The van der Waals surface area contributed by atoms with Gasteiger partial charge in [-0.1, -0.05) is 29.8 Å². The Balaban J connectivity index is 1.72. The number of aromatic nitrogens is 2. The van der Waals surface area contributed by atoms with Crippen LogP contribution in [0.15, 0.2) is 54.7 Å². The second kappa shape index (κ2) is 7.31. The summed E-state index contributed by atoms with van der Waals surface area (Å²) in [5, 5.41) is 7.40. The van der Waals surface area contributed by atoms with Crippen molar-refractivity contribution in [1.29, 1.82) is 0 Å². The summed E-state index contributed by atoms with van der Waals surface area (Å²) in [6, 6.07) is 13.2. The molecule has 3 rings (SSSR count). The summed E-state index contributed by atoms with van der Waals surface area (Å²) in [7, 11) is 0. The van der Waals surface area contributed by atoms with E-state index in [2.05, 4.69) is 33.0 Å². The lowest BCUT2D eigenvalue weighted by Crippen LogP contribution is -2.14. The van der Waals surface area contributed by atoms with Gasteiger partial charge >= 0.3 is 0 Å². The summed E-state index contributed by atoms with van der Waals surface area (Å²) in [4.78, 5) is 12.3. The van der Waals surface area contributed by atoms with Crippen LogP contribution in [0.5, 0.6) is 0 Å². The van der Waals surface area contributed by atoms with E-state index in [9.17, 15) is 9.18 Å². The third kappa shape index (κ3) is 3.93. The predicted molar refractivity (Wildman–Crippen MR) is 99.9 cm³/mol. The Labute approximate surface area is 156 Å². The van der Waals surface area contributed by atoms with Crippen molar-refractivity contribution in [3.8, 4) is 0 Å². The molecule has 0 spiro atoms. The third-order valence-electron chi connectivity index (χ3n) is 3.35. The first-order valence-electron chi connectivity index (χ1n) is 7.06. The lowest BCUT2D eigenvalue weighted by atomic mass is 10.2. The van der Waals surface area contributed by atoms with Crippen LogP contribution in [0, 0.1) is 9.39 Å². The molecule has 1 aromatic heterocycles. The number of hydrogen-bond acceptors (Lipinski definition) is 2. The van der Waals surface area contributed by atoms with Gasteiger partial charge in [0, 0.05) is 20.9 Å². The Hall–Kier alpha value is -1.93. The van der Waals surface area contributed by atoms with E-state index in [0.29, 0.717) is 22.9 Å². The smallest absolute Gasteiger partial charge is 0.257 e. The minimum Gasteiger partial charge on any atom is -0.305 e. The second-order valence-corrected chi connectivity index (χ2v) is 6.64. The Morgan fingerprint density at radius 1 is 1.25 bits per heavy atom. The number of carbonyl (C=O) groups is 1. The van der Waals surface area contributed by atoms with Gasteiger partial charge in [0.2, 0.25) is 0 Å². The molecule has 1 N–H and O–H groups in total. The molecule has 0 bridgehead atoms. The number of nitrogens with one attached hydrogen (secondary N) is 1. The first-order valence-corrected chi connectivity index (χ1v) is 8.52. The van der Waals surface area contributed by atoms with Crippen molar-refractivity contribution in [2.24, 2.45) is 0 Å². The Kier molecular flexibility index (Phi) is 5.15. The molecule has 0 aliphatic rings. The van der Waals surface area contributed by atoms with Crippen LogP contribution >= 0.6 is 34.2 Å². The fourth-order valence-electron chi connectivity index (χ4n) is 2.17. The van der Waals surface area contributed by atoms with Crippen LogP contribution in [0.1, 0.15) is 15.9 Å². The van der Waals surface area contributed by atoms with E-state index in [0.717, 1.165) is 9.13 Å². The quantitative estimate of drug-likeness (QED) is 0.586. The maximum atomic E-state index is 13.1. The number of nitrogens with zero attached hydrogens (tertiary/aromatic N) is 2. The molecule has 3 aromatic rings. The predicted octanol–water partition coefficient (Wildman–Crippen LogP) is 4.58. The first-order chi connectivity index (χ1) is 11.5. The van der Waals surface area contributed by atoms with Crippen molar-refractivity contribution in [3.05, 3.63) is 80.3 Å². The highest BCUT2D eigenvalue weighted by Crippen LogP contribution is 2.19. The molecule has 4 nitrogen and oxygen atoms in total. The summed E-state index contributed by atoms with van der Waals surface area (Å²) >= 11 is 8.13. The van der Waals surface area contributed by atoms with Crippen LogP contribution in [0.25, 0.3) is 0 Å². The molecule has 0 saturated carbocycles. The van der Waals surface area contributed by atoms with Gasteiger partial charge in [0.15, 0.2) is 5.82 Å². The molecule has 24 heavy (non-hydrogen) atoms. The third-order valence-corrected chi connectivity index (χ3v) is 4.64. The average Bonchev–Trinajstić information content (AvgIpc) is 2.97. The normalized spacial score (nSPS) is 10.6. The molecule has 0 fully saturated rings. The van der Waals surface area contributed by atoms with Crippen molar-refractivity contribution in [2.75, 3.05) is 5.32 Å². The molecule has 0 atom stereocenters. The number of rotatable bonds is 4. The topological polar surface area (TPSA) is 46.9 Å². The van der Waals surface area contributed by atoms with E-state index >= 15 is 0 Å². The van der Waals surface area contributed by atoms with Crippen LogP contribution < -0.4 is 5.32 Å². The molecule has 0 radical (unpaired) electrons. The minimum absolute atomic E-state index is 0.218. The maximum Gasteiger partial charge on any atom is 0.257 e. The molecule has 1 heterocycles. The van der Waals surface area contributed by atoms with Gasteiger partial charge in [-0.15, -0.1) is 0 Å². The van der Waals surface area contributed by atoms with Crippen molar-refractivity contribution in [2.45, 2.75) is 6.54 Å². The van der Waals surface area contributed by atoms with Crippen LogP contribution in [0.4, 0.5) is 10.2 Å². The van der Waals surface area contributed by atoms with Crippen molar-refractivity contribution in [1.82, 2.24) is 9.78 Å². The molecule has 0 saturated heterocycles. The number of amides is 1. The largest absolute Gasteiger partial charge is 0.305 e. The zero-order chi connectivity index (χ0) is 17.1. The molecule has 1 amide bonds. The van der Waals surface area contributed by atoms with E-state index < -0.39 is 0 Å². The Bertz CT molecular complexity index is 897. The highest BCUT2D eigenvalue weighted by atomic mass is 127. The molecule has 0 unspecified atom stereocenters. The summed E-state index contributed by atoms with van der Waals surface area (Å²) in [5.41, 5.74) is 1.34. The van der Waals surface area contributed by atoms with Crippen LogP contribution in [0.3, 0.4) is 0 Å². The van der Waals surface area contributed by atoms with Gasteiger partial charge in [-0.05, 0) is 52.4 Å². The minimum atomic E-state index is -0.380. The number of anilines is 1. The van der Waals surface area contributed by atoms with Gasteiger partial charge < -0.3 is 5.32 Å². The molecule has 2 aromatic carbocycles. The summed E-state index contributed by atoms with van der Waals surface area (Å²) in [6.07, 6.45) is 1.73. The van der Waals surface area contributed by atoms with E-state index in [4.69, 9.17) is 11.6 Å². The number of benzene rings is 2. The molecular weight excluding hydrogens is 444 g/mol. The monoisotopic (exact) mass is 455 g/mol. The molecular formula is C17H12ClFIN3O. The van der Waals surface area contributed by atoms with Crippen LogP contribution in [-0.2, 0) is 6.54 Å². The standard InChI is InChI=1S/C17H12ClFIN3O/c18-14-9-12(19)6-5-11(14)10-23-8-7-16(22-23)21-17(24)13-3-1-2-4-15(13)20/h1-9H,10H2,(H,21,22,24). The van der Waals surface area contributed by atoms with Crippen molar-refractivity contribution in [3.63, 3.8) is 0 Å². The van der Waals surface area contributed by atoms with Crippen LogP contribution in [-0.4, -0.2) is 15.7 Å². The molecule has 122 valence electrons. The lowest BCUT2D eigenvalue weighted by molar-refractivity contribution is 0.102. The van der Waals surface area contributed by atoms with E-state index in [1.807, 2.05) is 18.2 Å². The zero-order valence-corrected chi connectivity index (χ0v) is 15.3. The van der Waals surface area contributed by atoms with Gasteiger partial charge in [-0.25, -0.2) is 4.39 Å². The summed E-state index contributed by atoms with van der Waals surface area (Å²) in [5.74, 6) is -0.155. The van der Waals surface area contributed by atoms with Crippen molar-refractivity contribution < 1.29 is 9.18 Å². The molecule has 0 aliphatic carbocycles. The van der Waals surface area contributed by atoms with Gasteiger partial charge in [0.05, 0.1) is 12.1 Å². The SMILES string of the molecule is O=C(Nc1ccn(Cc2ccc(F)cc2Cl)n1)c1ccccc1I. The van der Waals surface area contributed by atoms with Gasteiger partial charge in [0.25, 0.3) is 5.91 Å². The second-order valence-electron chi connectivity index (χ2n) is 5.07. The van der Waals surface area contributed by atoms with E-state index in [1.54, 1.807) is 29.1 Å². The van der Waals surface area contributed by atoms with Crippen LogP contribution in [0.2, 0.25) is 5.02 Å². The maximum absolute atomic E-state index is 13.1. The summed E-state index contributed by atoms with van der Waals surface area (Å²) in [6.45, 7) is 0.387. The lowest BCUT2D eigenvalue weighted by Gasteiger charge is -2.06. The first kappa shape index (κ1) is 16.9. The molecule has 7 heteroatoms. The number of halogens is 3. The fraction of sp³-hybridized carbons (Fsp3) is 0.0588. The summed E-state index contributed by atoms with van der Waals surface area (Å²) < 4.78 is 15.6. The van der Waals surface area contributed by atoms with Crippen molar-refractivity contribution >= 4 is 45.9 Å². The van der Waals surface area contributed by atoms with Gasteiger partial charge in [0.1, 0.15) is 5.82 Å². The van der Waals surface area contributed by atoms with Gasteiger partial charge in [-0.3, -0.25) is 9.48 Å². The Morgan fingerprint density at radius 2 is 2.04 bits per heavy atom. The zero-order valence-electron chi connectivity index (χ0n) is 12.3. The Morgan fingerprint density at radius 3 is 2.79 bits per heavy atom. The fourth-order valence-corrected chi connectivity index (χ4v) is 3.03. The molecule has 0 aliphatic heterocycles.